The molecule has 6 rings (SSSR count). The molecule has 0 unspecified atom stereocenters. The zero-order valence-electron chi connectivity index (χ0n) is 19.8. The van der Waals surface area contributed by atoms with E-state index in [0.29, 0.717) is 28.4 Å². The molecule has 3 aliphatic rings. The van der Waals surface area contributed by atoms with Crippen molar-refractivity contribution in [3.05, 3.63) is 65.9 Å². The second-order valence-corrected chi connectivity index (χ2v) is 9.96. The Morgan fingerprint density at radius 2 is 1.91 bits per heavy atom. The molecule has 0 amide bonds. The van der Waals surface area contributed by atoms with Gasteiger partial charge in [-0.3, -0.25) is 0 Å². The van der Waals surface area contributed by atoms with Gasteiger partial charge < -0.3 is 20.3 Å². The van der Waals surface area contributed by atoms with Gasteiger partial charge in [-0.2, -0.15) is 0 Å². The maximum Gasteiger partial charge on any atom is 0.188 e. The second-order valence-electron chi connectivity index (χ2n) is 9.96. The van der Waals surface area contributed by atoms with Crippen molar-refractivity contribution in [3.63, 3.8) is 0 Å². The Bertz CT molecular complexity index is 1330. The van der Waals surface area contributed by atoms with Gasteiger partial charge in [-0.1, -0.05) is 13.0 Å². The molecule has 2 N–H and O–H groups in total. The van der Waals surface area contributed by atoms with E-state index in [-0.39, 0.29) is 5.82 Å². The maximum atomic E-state index is 14.5. The lowest BCUT2D eigenvalue weighted by Gasteiger charge is -2.60. The number of aromatic nitrogens is 2. The molecule has 3 aromatic rings. The number of rotatable bonds is 6. The molecule has 178 valence electrons. The highest BCUT2D eigenvalue weighted by atomic mass is 19.1. The summed E-state index contributed by atoms with van der Waals surface area (Å²) >= 11 is 0. The van der Waals surface area contributed by atoms with Crippen LogP contribution in [0.4, 0.5) is 10.2 Å². The van der Waals surface area contributed by atoms with Crippen molar-refractivity contribution in [2.45, 2.75) is 25.7 Å². The summed E-state index contributed by atoms with van der Waals surface area (Å²) in [7, 11) is 0. The van der Waals surface area contributed by atoms with E-state index in [1.54, 1.807) is 24.7 Å². The maximum absolute atomic E-state index is 14.5. The van der Waals surface area contributed by atoms with Crippen LogP contribution in [-0.4, -0.2) is 47.6 Å². The molecule has 3 fully saturated rings. The van der Waals surface area contributed by atoms with Crippen LogP contribution in [0.1, 0.15) is 36.8 Å². The Morgan fingerprint density at radius 1 is 1.09 bits per heavy atom. The third kappa shape index (κ3) is 4.08. The van der Waals surface area contributed by atoms with Crippen molar-refractivity contribution < 1.29 is 9.13 Å². The van der Waals surface area contributed by atoms with Gasteiger partial charge in [0.25, 0.3) is 0 Å². The molecule has 2 saturated heterocycles. The largest absolute Gasteiger partial charge is 0.451 e. The van der Waals surface area contributed by atoms with Crippen LogP contribution in [0.5, 0.6) is 11.5 Å². The summed E-state index contributed by atoms with van der Waals surface area (Å²) in [6.07, 6.45) is 5.48. The summed E-state index contributed by atoms with van der Waals surface area (Å²) in [6, 6.07) is 13.1. The minimum atomic E-state index is -0.306. The SMILES string of the molecule is CCN1CC2(C1)CN(c1ncncc1Oc1ccc(F)cc1-c1ccc(C#CN)cc1C1CC1)C2. The molecule has 0 radical (unpaired) electrons. The van der Waals surface area contributed by atoms with Crippen molar-refractivity contribution in [2.75, 3.05) is 37.6 Å². The fraction of sp³-hybridized carbons (Fsp3) is 0.357. The molecule has 35 heavy (non-hydrogen) atoms. The normalized spacial score (nSPS) is 18.4. The predicted octanol–water partition coefficient (Wildman–Crippen LogP) is 4.36. The van der Waals surface area contributed by atoms with Gasteiger partial charge in [0.05, 0.1) is 6.20 Å². The predicted molar refractivity (Wildman–Crippen MR) is 134 cm³/mol. The van der Waals surface area contributed by atoms with E-state index < -0.39 is 0 Å². The summed E-state index contributed by atoms with van der Waals surface area (Å²) in [5.41, 5.74) is 9.49. The molecular weight excluding hydrogens is 441 g/mol. The Hall–Kier alpha value is -3.63. The van der Waals surface area contributed by atoms with Crippen LogP contribution in [0.3, 0.4) is 0 Å². The van der Waals surface area contributed by atoms with Gasteiger partial charge in [0.2, 0.25) is 0 Å². The highest BCUT2D eigenvalue weighted by Gasteiger charge is 2.52. The summed E-state index contributed by atoms with van der Waals surface area (Å²) < 4.78 is 20.9. The Morgan fingerprint density at radius 3 is 2.66 bits per heavy atom. The van der Waals surface area contributed by atoms with Gasteiger partial charge in [-0.05, 0) is 72.7 Å². The molecule has 7 heteroatoms. The number of ether oxygens (including phenoxy) is 1. The first-order valence-corrected chi connectivity index (χ1v) is 12.2. The third-order valence-electron chi connectivity index (χ3n) is 7.31. The van der Waals surface area contributed by atoms with E-state index in [4.69, 9.17) is 10.5 Å². The van der Waals surface area contributed by atoms with Crippen LogP contribution in [-0.2, 0) is 0 Å². The van der Waals surface area contributed by atoms with Crippen molar-refractivity contribution in [1.29, 1.82) is 0 Å². The number of likely N-dealkylation sites (tertiary alicyclic amines) is 1. The molecule has 6 nitrogen and oxygen atoms in total. The lowest BCUT2D eigenvalue weighted by atomic mass is 9.73. The fourth-order valence-corrected chi connectivity index (χ4v) is 5.48. The van der Waals surface area contributed by atoms with Crippen molar-refractivity contribution in [2.24, 2.45) is 11.1 Å². The molecule has 1 aromatic heterocycles. The molecule has 2 aliphatic heterocycles. The van der Waals surface area contributed by atoms with E-state index in [1.165, 1.54) is 6.07 Å². The minimum Gasteiger partial charge on any atom is -0.451 e. The lowest BCUT2D eigenvalue weighted by molar-refractivity contribution is -0.0183. The van der Waals surface area contributed by atoms with Gasteiger partial charge >= 0.3 is 0 Å². The molecular formula is C28H28FN5O. The van der Waals surface area contributed by atoms with Crippen LogP contribution in [0.25, 0.3) is 11.1 Å². The topological polar surface area (TPSA) is 67.5 Å². The lowest BCUT2D eigenvalue weighted by Crippen LogP contribution is -2.72. The zero-order chi connectivity index (χ0) is 24.0. The number of nitrogens with zero attached hydrogens (tertiary/aromatic N) is 4. The van der Waals surface area contributed by atoms with Crippen LogP contribution < -0.4 is 15.4 Å². The summed E-state index contributed by atoms with van der Waals surface area (Å²) in [6.45, 7) is 7.49. The number of benzene rings is 2. The molecule has 1 aliphatic carbocycles. The number of nitrogens with two attached hydrogens (primary N) is 1. The van der Waals surface area contributed by atoms with Crippen molar-refractivity contribution in [1.82, 2.24) is 14.9 Å². The van der Waals surface area contributed by atoms with E-state index in [9.17, 15) is 4.39 Å². The van der Waals surface area contributed by atoms with Crippen LogP contribution in [0.15, 0.2) is 48.9 Å². The van der Waals surface area contributed by atoms with Gasteiger partial charge in [0.15, 0.2) is 11.6 Å². The Labute approximate surface area is 204 Å². The van der Waals surface area contributed by atoms with Crippen LogP contribution >= 0.6 is 0 Å². The first-order chi connectivity index (χ1) is 17.1. The monoisotopic (exact) mass is 469 g/mol. The van der Waals surface area contributed by atoms with E-state index in [1.807, 2.05) is 12.1 Å². The summed E-state index contributed by atoms with van der Waals surface area (Å²) in [5, 5.41) is 0. The first kappa shape index (κ1) is 21.9. The van der Waals surface area contributed by atoms with E-state index in [2.05, 4.69) is 44.7 Å². The summed E-state index contributed by atoms with van der Waals surface area (Å²) in [5.74, 6) is 5.01. The molecule has 1 spiro atoms. The van der Waals surface area contributed by atoms with Crippen molar-refractivity contribution >= 4 is 5.82 Å². The molecule has 2 aromatic carbocycles. The molecule has 0 bridgehead atoms. The summed E-state index contributed by atoms with van der Waals surface area (Å²) in [4.78, 5) is 13.5. The van der Waals surface area contributed by atoms with Gasteiger partial charge in [0, 0.05) is 48.8 Å². The number of hydrogen-bond donors (Lipinski definition) is 1. The quantitative estimate of drug-likeness (QED) is 0.427. The number of halogens is 1. The first-order valence-electron chi connectivity index (χ1n) is 12.2. The average Bonchev–Trinajstić information content (AvgIpc) is 3.65. The van der Waals surface area contributed by atoms with Crippen molar-refractivity contribution in [3.8, 4) is 34.6 Å². The molecule has 3 heterocycles. The Kier molecular flexibility index (Phi) is 5.34. The molecule has 0 atom stereocenters. The molecule has 1 saturated carbocycles. The smallest absolute Gasteiger partial charge is 0.188 e. The minimum absolute atomic E-state index is 0.306. The highest BCUT2D eigenvalue weighted by Crippen LogP contribution is 2.48. The fourth-order valence-electron chi connectivity index (χ4n) is 5.48. The van der Waals surface area contributed by atoms with Crippen LogP contribution in [0.2, 0.25) is 0 Å². The zero-order valence-corrected chi connectivity index (χ0v) is 19.8. The standard InChI is InChI=1S/C28H28FN5O/c1-2-33-14-28(15-33)16-34(17-28)27-26(13-31-18-32-27)35-25-8-6-21(29)12-24(25)22-7-3-19(9-10-30)11-23(22)20-4-5-20/h3,6-8,11-13,18,20H,2,4-5,14-17,30H2,1H3. The average molecular weight is 470 g/mol. The number of hydrogen-bond acceptors (Lipinski definition) is 6. The van der Waals surface area contributed by atoms with E-state index >= 15 is 0 Å². The number of anilines is 1. The van der Waals surface area contributed by atoms with Crippen LogP contribution in [0, 0.1) is 23.2 Å². The third-order valence-corrected chi connectivity index (χ3v) is 7.31. The van der Waals surface area contributed by atoms with Gasteiger partial charge in [0.1, 0.15) is 17.9 Å². The van der Waals surface area contributed by atoms with E-state index in [0.717, 1.165) is 68.1 Å². The second kappa shape index (κ2) is 8.54. The van der Waals surface area contributed by atoms with Gasteiger partial charge in [-0.15, -0.1) is 0 Å². The Balaban J connectivity index is 1.32. The van der Waals surface area contributed by atoms with Gasteiger partial charge in [-0.25, -0.2) is 14.4 Å². The highest BCUT2D eigenvalue weighted by molar-refractivity contribution is 5.76.